The fourth-order valence-corrected chi connectivity index (χ4v) is 1.50. The van der Waals surface area contributed by atoms with Crippen molar-refractivity contribution in [3.63, 3.8) is 0 Å². The monoisotopic (exact) mass is 274 g/mol. The normalized spacial score (nSPS) is 11.6. The van der Waals surface area contributed by atoms with Gasteiger partial charge in [-0.15, -0.1) is 0 Å². The Hall–Kier alpha value is -1.11. The molecule has 0 spiro atoms. The first-order chi connectivity index (χ1) is 8.41. The second-order valence-electron chi connectivity index (χ2n) is 4.61. The second kappa shape index (κ2) is 6.17. The van der Waals surface area contributed by atoms with E-state index >= 15 is 0 Å². The Morgan fingerprint density at radius 2 is 2.28 bits per heavy atom. The van der Waals surface area contributed by atoms with Gasteiger partial charge in [-0.3, -0.25) is 4.79 Å². The fraction of sp³-hybridized carbons (Fsp3) is 0.636. The Kier molecular flexibility index (Phi) is 5.13. The third-order valence-electron chi connectivity index (χ3n) is 2.48. The van der Waals surface area contributed by atoms with E-state index in [4.69, 9.17) is 22.1 Å². The molecule has 1 aromatic rings. The molecule has 18 heavy (non-hydrogen) atoms. The van der Waals surface area contributed by atoms with Gasteiger partial charge in [0.25, 0.3) is 5.56 Å². The van der Waals surface area contributed by atoms with Crippen LogP contribution < -0.4 is 16.6 Å². The van der Waals surface area contributed by atoms with E-state index in [0.29, 0.717) is 25.4 Å². The maximum absolute atomic E-state index is 11.9. The summed E-state index contributed by atoms with van der Waals surface area (Å²) < 4.78 is 6.16. The molecule has 1 rings (SSSR count). The second-order valence-corrected chi connectivity index (χ2v) is 4.98. The fourth-order valence-electron chi connectivity index (χ4n) is 1.30. The number of anilines is 1. The number of ether oxygens (including phenoxy) is 1. The van der Waals surface area contributed by atoms with E-state index in [0.717, 1.165) is 0 Å². The van der Waals surface area contributed by atoms with E-state index in [1.165, 1.54) is 10.9 Å². The zero-order valence-corrected chi connectivity index (χ0v) is 11.6. The number of halogens is 1. The summed E-state index contributed by atoms with van der Waals surface area (Å²) in [7, 11) is 1.56. The number of hydrogen-bond acceptors (Lipinski definition) is 5. The molecule has 0 radical (unpaired) electrons. The summed E-state index contributed by atoms with van der Waals surface area (Å²) in [6, 6.07) is 0. The van der Waals surface area contributed by atoms with Crippen molar-refractivity contribution in [3.05, 3.63) is 21.6 Å². The van der Waals surface area contributed by atoms with Crippen molar-refractivity contribution < 1.29 is 4.74 Å². The Balaban J connectivity index is 2.98. The minimum atomic E-state index is -0.351. The third-order valence-corrected chi connectivity index (χ3v) is 2.84. The van der Waals surface area contributed by atoms with Crippen molar-refractivity contribution in [1.82, 2.24) is 9.78 Å². The minimum Gasteiger partial charge on any atom is -0.383 e. The zero-order chi connectivity index (χ0) is 13.8. The Bertz CT molecular complexity index is 459. The topological polar surface area (TPSA) is 82.2 Å². The summed E-state index contributed by atoms with van der Waals surface area (Å²) in [5.41, 5.74) is 5.41. The maximum Gasteiger partial charge on any atom is 0.287 e. The number of rotatable bonds is 6. The summed E-state index contributed by atoms with van der Waals surface area (Å²) in [6.07, 6.45) is 1.52. The van der Waals surface area contributed by atoms with Crippen LogP contribution >= 0.6 is 11.6 Å². The van der Waals surface area contributed by atoms with Gasteiger partial charge in [-0.05, 0) is 13.8 Å². The number of nitrogens with zero attached hydrogens (tertiary/aromatic N) is 2. The smallest absolute Gasteiger partial charge is 0.287 e. The van der Waals surface area contributed by atoms with Crippen molar-refractivity contribution in [3.8, 4) is 0 Å². The molecule has 0 aromatic carbocycles. The molecule has 6 nitrogen and oxygen atoms in total. The lowest BCUT2D eigenvalue weighted by molar-refractivity contribution is 0.182. The average Bonchev–Trinajstić information content (AvgIpc) is 2.34. The Morgan fingerprint density at radius 1 is 1.61 bits per heavy atom. The van der Waals surface area contributed by atoms with Gasteiger partial charge < -0.3 is 15.8 Å². The first-order valence-electron chi connectivity index (χ1n) is 5.64. The highest BCUT2D eigenvalue weighted by Crippen LogP contribution is 2.19. The predicted octanol–water partition coefficient (Wildman–Crippen LogP) is 0.692. The molecule has 0 amide bonds. The lowest BCUT2D eigenvalue weighted by atomic mass is 10.1. The first-order valence-corrected chi connectivity index (χ1v) is 6.02. The molecule has 0 bridgehead atoms. The highest BCUT2D eigenvalue weighted by atomic mass is 35.5. The summed E-state index contributed by atoms with van der Waals surface area (Å²) in [5.74, 6) is 0. The van der Waals surface area contributed by atoms with Crippen molar-refractivity contribution >= 4 is 17.3 Å². The van der Waals surface area contributed by atoms with Crippen LogP contribution in [0.5, 0.6) is 0 Å². The number of nitrogens with two attached hydrogens (primary N) is 1. The molecule has 0 aliphatic heterocycles. The van der Waals surface area contributed by atoms with Crippen LogP contribution in [0.15, 0.2) is 11.0 Å². The molecule has 0 fully saturated rings. The van der Waals surface area contributed by atoms with Gasteiger partial charge in [0.2, 0.25) is 0 Å². The standard InChI is InChI=1S/C11H19ClN4O2/c1-11(2,7-13)15-8-6-14-16(4-5-18-3)10(17)9(8)12/h6,15H,4-5,7,13H2,1-3H3. The predicted molar refractivity (Wildman–Crippen MR) is 72.1 cm³/mol. The molecular formula is C11H19ClN4O2. The van der Waals surface area contributed by atoms with Gasteiger partial charge in [0.15, 0.2) is 0 Å². The van der Waals surface area contributed by atoms with Crippen LogP contribution in [0, 0.1) is 0 Å². The largest absolute Gasteiger partial charge is 0.383 e. The van der Waals surface area contributed by atoms with Gasteiger partial charge in [-0.2, -0.15) is 5.10 Å². The van der Waals surface area contributed by atoms with Crippen molar-refractivity contribution in [2.45, 2.75) is 25.9 Å². The van der Waals surface area contributed by atoms with Crippen LogP contribution in [0.25, 0.3) is 0 Å². The molecule has 3 N–H and O–H groups in total. The zero-order valence-electron chi connectivity index (χ0n) is 10.9. The van der Waals surface area contributed by atoms with Crippen LogP contribution in [0.4, 0.5) is 5.69 Å². The number of aromatic nitrogens is 2. The lowest BCUT2D eigenvalue weighted by Gasteiger charge is -2.25. The van der Waals surface area contributed by atoms with Crippen molar-refractivity contribution in [2.75, 3.05) is 25.6 Å². The molecule has 0 saturated heterocycles. The number of methoxy groups -OCH3 is 1. The van der Waals surface area contributed by atoms with Gasteiger partial charge in [0.05, 0.1) is 25.0 Å². The van der Waals surface area contributed by atoms with Crippen LogP contribution in [0.2, 0.25) is 5.02 Å². The van der Waals surface area contributed by atoms with E-state index in [2.05, 4.69) is 10.4 Å². The van der Waals surface area contributed by atoms with Crippen LogP contribution in [-0.4, -0.2) is 35.6 Å². The van der Waals surface area contributed by atoms with Gasteiger partial charge >= 0.3 is 0 Å². The molecular weight excluding hydrogens is 256 g/mol. The van der Waals surface area contributed by atoms with Gasteiger partial charge in [0, 0.05) is 19.2 Å². The van der Waals surface area contributed by atoms with Gasteiger partial charge in [-0.1, -0.05) is 11.6 Å². The molecule has 0 unspecified atom stereocenters. The highest BCUT2D eigenvalue weighted by Gasteiger charge is 2.18. The van der Waals surface area contributed by atoms with Crippen molar-refractivity contribution in [1.29, 1.82) is 0 Å². The SMILES string of the molecule is COCCn1ncc(NC(C)(C)CN)c(Cl)c1=O. The molecule has 0 aliphatic rings. The van der Waals surface area contributed by atoms with Crippen LogP contribution in [0.3, 0.4) is 0 Å². The van der Waals surface area contributed by atoms with E-state index in [9.17, 15) is 4.79 Å². The van der Waals surface area contributed by atoms with E-state index in [1.54, 1.807) is 7.11 Å². The lowest BCUT2D eigenvalue weighted by Crippen LogP contribution is -2.40. The molecule has 102 valence electrons. The average molecular weight is 275 g/mol. The van der Waals surface area contributed by atoms with E-state index < -0.39 is 0 Å². The number of hydrogen-bond donors (Lipinski definition) is 2. The van der Waals surface area contributed by atoms with Crippen LogP contribution in [0.1, 0.15) is 13.8 Å². The van der Waals surface area contributed by atoms with Gasteiger partial charge in [-0.25, -0.2) is 4.68 Å². The van der Waals surface area contributed by atoms with E-state index in [-0.39, 0.29) is 16.1 Å². The highest BCUT2D eigenvalue weighted by molar-refractivity contribution is 6.32. The van der Waals surface area contributed by atoms with E-state index in [1.807, 2.05) is 13.8 Å². The minimum absolute atomic E-state index is 0.114. The Morgan fingerprint density at radius 3 is 2.83 bits per heavy atom. The summed E-state index contributed by atoms with van der Waals surface area (Å²) in [5, 5.41) is 7.24. The Labute approximate surface area is 111 Å². The maximum atomic E-state index is 11.9. The molecule has 1 heterocycles. The summed E-state index contributed by atoms with van der Waals surface area (Å²) in [4.78, 5) is 11.9. The summed E-state index contributed by atoms with van der Waals surface area (Å²) >= 11 is 6.02. The third kappa shape index (κ3) is 3.69. The molecule has 0 aliphatic carbocycles. The number of nitrogens with one attached hydrogen (secondary N) is 1. The quantitative estimate of drug-likeness (QED) is 0.798. The van der Waals surface area contributed by atoms with Crippen LogP contribution in [-0.2, 0) is 11.3 Å². The van der Waals surface area contributed by atoms with Gasteiger partial charge in [0.1, 0.15) is 5.02 Å². The molecule has 1 aromatic heterocycles. The molecule has 7 heteroatoms. The summed E-state index contributed by atoms with van der Waals surface area (Å²) in [6.45, 7) is 5.02. The molecule has 0 saturated carbocycles. The first kappa shape index (κ1) is 14.9. The van der Waals surface area contributed by atoms with Crippen molar-refractivity contribution in [2.24, 2.45) is 5.73 Å². The molecule has 0 atom stereocenters.